The third kappa shape index (κ3) is 4.61. The molecule has 3 rings (SSSR count). The van der Waals surface area contributed by atoms with Gasteiger partial charge in [0.2, 0.25) is 5.95 Å². The van der Waals surface area contributed by atoms with Crippen LogP contribution in [0.25, 0.3) is 0 Å². The van der Waals surface area contributed by atoms with Crippen molar-refractivity contribution in [1.29, 1.82) is 0 Å². The molecule has 0 spiro atoms. The topological polar surface area (TPSA) is 53.9 Å². The van der Waals surface area contributed by atoms with Crippen molar-refractivity contribution in [2.75, 3.05) is 10.2 Å². The minimum Gasteiger partial charge on any atom is -0.348 e. The Kier molecular flexibility index (Phi) is 5.69. The Morgan fingerprint density at radius 2 is 1.67 bits per heavy atom. The molecule has 5 nitrogen and oxygen atoms in total. The summed E-state index contributed by atoms with van der Waals surface area (Å²) in [6.45, 7) is 11.4. The van der Waals surface area contributed by atoms with Gasteiger partial charge in [-0.3, -0.25) is 0 Å². The van der Waals surface area contributed by atoms with E-state index in [1.54, 1.807) is 6.20 Å². The van der Waals surface area contributed by atoms with E-state index in [4.69, 9.17) is 4.98 Å². The van der Waals surface area contributed by atoms with Crippen LogP contribution < -0.4 is 10.2 Å². The summed E-state index contributed by atoms with van der Waals surface area (Å²) >= 11 is 0. The zero-order chi connectivity index (χ0) is 19.4. The number of hydrogen-bond donors (Lipinski definition) is 1. The number of aryl methyl sites for hydroxylation is 3. The number of anilines is 3. The Morgan fingerprint density at radius 3 is 2.30 bits per heavy atom. The van der Waals surface area contributed by atoms with Crippen LogP contribution in [0.1, 0.15) is 36.1 Å². The molecule has 0 saturated carbocycles. The molecule has 0 aliphatic heterocycles. The van der Waals surface area contributed by atoms with E-state index in [9.17, 15) is 0 Å². The fourth-order valence-electron chi connectivity index (χ4n) is 3.28. The molecule has 0 bridgehead atoms. The molecular weight excluding hydrogens is 334 g/mol. The highest BCUT2D eigenvalue weighted by atomic mass is 15.3. The van der Waals surface area contributed by atoms with E-state index < -0.39 is 0 Å². The molecule has 3 aromatic rings. The first-order valence-corrected chi connectivity index (χ1v) is 9.29. The van der Waals surface area contributed by atoms with Gasteiger partial charge in [-0.1, -0.05) is 48.0 Å². The summed E-state index contributed by atoms with van der Waals surface area (Å²) in [6, 6.07) is 15.0. The van der Waals surface area contributed by atoms with Crippen LogP contribution in [0.2, 0.25) is 0 Å². The molecular formula is C22H27N5. The fourth-order valence-corrected chi connectivity index (χ4v) is 3.28. The van der Waals surface area contributed by atoms with Crippen LogP contribution in [0.4, 0.5) is 17.5 Å². The summed E-state index contributed by atoms with van der Waals surface area (Å²) in [5.41, 5.74) is 5.87. The van der Waals surface area contributed by atoms with Crippen molar-refractivity contribution < 1.29 is 0 Å². The van der Waals surface area contributed by atoms with Gasteiger partial charge in [-0.05, 0) is 51.3 Å². The van der Waals surface area contributed by atoms with Gasteiger partial charge in [-0.25, -0.2) is 0 Å². The third-order valence-corrected chi connectivity index (χ3v) is 4.57. The van der Waals surface area contributed by atoms with Crippen LogP contribution in [-0.4, -0.2) is 21.2 Å². The molecule has 0 radical (unpaired) electrons. The minimum atomic E-state index is 0.289. The summed E-state index contributed by atoms with van der Waals surface area (Å²) in [5.74, 6) is 1.33. The van der Waals surface area contributed by atoms with Crippen LogP contribution in [0.5, 0.6) is 0 Å². The molecule has 0 amide bonds. The van der Waals surface area contributed by atoms with Crippen LogP contribution >= 0.6 is 0 Å². The van der Waals surface area contributed by atoms with Crippen molar-refractivity contribution in [2.45, 2.75) is 47.2 Å². The Morgan fingerprint density at radius 1 is 1.00 bits per heavy atom. The van der Waals surface area contributed by atoms with Crippen molar-refractivity contribution in [2.24, 2.45) is 0 Å². The lowest BCUT2D eigenvalue weighted by Crippen LogP contribution is -2.31. The number of nitrogens with zero attached hydrogens (tertiary/aromatic N) is 4. The summed E-state index contributed by atoms with van der Waals surface area (Å²) in [6.07, 6.45) is 1.73. The second kappa shape index (κ2) is 8.16. The van der Waals surface area contributed by atoms with E-state index in [1.165, 1.54) is 22.3 Å². The lowest BCUT2D eigenvalue weighted by molar-refractivity contribution is 0.668. The predicted molar refractivity (Wildman–Crippen MR) is 112 cm³/mol. The Hall–Kier alpha value is -2.95. The predicted octanol–water partition coefficient (Wildman–Crippen LogP) is 4.96. The molecule has 1 N–H and O–H groups in total. The van der Waals surface area contributed by atoms with Gasteiger partial charge in [0, 0.05) is 18.3 Å². The number of hydrogen-bond acceptors (Lipinski definition) is 5. The second-order valence-electron chi connectivity index (χ2n) is 7.24. The second-order valence-corrected chi connectivity index (χ2v) is 7.24. The summed E-state index contributed by atoms with van der Waals surface area (Å²) in [4.78, 5) is 6.96. The van der Waals surface area contributed by atoms with Gasteiger partial charge in [-0.2, -0.15) is 10.1 Å². The molecule has 0 fully saturated rings. The maximum Gasteiger partial charge on any atom is 0.249 e. The first kappa shape index (κ1) is 18.8. The monoisotopic (exact) mass is 361 g/mol. The van der Waals surface area contributed by atoms with Crippen LogP contribution in [0.15, 0.2) is 48.7 Å². The van der Waals surface area contributed by atoms with Gasteiger partial charge in [-0.15, -0.1) is 5.10 Å². The van der Waals surface area contributed by atoms with Crippen molar-refractivity contribution in [3.63, 3.8) is 0 Å². The quantitative estimate of drug-likeness (QED) is 0.673. The molecule has 0 saturated heterocycles. The molecule has 0 aliphatic rings. The highest BCUT2D eigenvalue weighted by Crippen LogP contribution is 2.25. The highest BCUT2D eigenvalue weighted by molar-refractivity contribution is 5.64. The maximum absolute atomic E-state index is 4.73. The molecule has 2 aromatic carbocycles. The number of aromatic nitrogens is 3. The first-order valence-electron chi connectivity index (χ1n) is 9.29. The van der Waals surface area contributed by atoms with E-state index in [0.29, 0.717) is 5.95 Å². The van der Waals surface area contributed by atoms with E-state index in [1.807, 2.05) is 6.07 Å². The third-order valence-electron chi connectivity index (χ3n) is 4.57. The largest absolute Gasteiger partial charge is 0.348 e. The summed E-state index contributed by atoms with van der Waals surface area (Å²) in [5, 5.41) is 11.7. The van der Waals surface area contributed by atoms with Gasteiger partial charge < -0.3 is 10.2 Å². The van der Waals surface area contributed by atoms with Crippen molar-refractivity contribution in [3.05, 3.63) is 70.9 Å². The van der Waals surface area contributed by atoms with Gasteiger partial charge in [0.15, 0.2) is 5.82 Å². The van der Waals surface area contributed by atoms with Crippen LogP contribution in [0.3, 0.4) is 0 Å². The van der Waals surface area contributed by atoms with E-state index in [-0.39, 0.29) is 6.04 Å². The molecule has 1 heterocycles. The van der Waals surface area contributed by atoms with Crippen LogP contribution in [-0.2, 0) is 6.54 Å². The Bertz CT molecular complexity index is 883. The van der Waals surface area contributed by atoms with Gasteiger partial charge in [0.25, 0.3) is 0 Å². The SMILES string of the molecule is Cc1cc(C)c(Nc2nncc(N(Cc3ccccc3)C(C)C)n2)c(C)c1. The lowest BCUT2D eigenvalue weighted by Gasteiger charge is -2.27. The molecule has 0 atom stereocenters. The number of benzene rings is 2. The molecule has 0 unspecified atom stereocenters. The Balaban J connectivity index is 1.87. The standard InChI is InChI=1S/C22H27N5/c1-15(2)27(14-19-9-7-6-8-10-19)20-13-23-26-22(24-20)25-21-17(4)11-16(3)12-18(21)5/h6-13,15H,14H2,1-5H3,(H,24,25,26). The number of nitrogens with one attached hydrogen (secondary N) is 1. The highest BCUT2D eigenvalue weighted by Gasteiger charge is 2.15. The first-order chi connectivity index (χ1) is 12.9. The number of rotatable bonds is 6. The summed E-state index contributed by atoms with van der Waals surface area (Å²) < 4.78 is 0. The smallest absolute Gasteiger partial charge is 0.249 e. The van der Waals surface area contributed by atoms with Gasteiger partial charge in [0.05, 0.1) is 6.20 Å². The fraction of sp³-hybridized carbons (Fsp3) is 0.318. The van der Waals surface area contributed by atoms with E-state index in [0.717, 1.165) is 18.1 Å². The minimum absolute atomic E-state index is 0.289. The zero-order valence-corrected chi connectivity index (χ0v) is 16.7. The Labute approximate surface area is 161 Å². The van der Waals surface area contributed by atoms with E-state index >= 15 is 0 Å². The van der Waals surface area contributed by atoms with Gasteiger partial charge in [0.1, 0.15) is 0 Å². The molecule has 1 aromatic heterocycles. The van der Waals surface area contributed by atoms with Gasteiger partial charge >= 0.3 is 0 Å². The zero-order valence-electron chi connectivity index (χ0n) is 16.7. The molecule has 140 valence electrons. The maximum atomic E-state index is 4.73. The van der Waals surface area contributed by atoms with Crippen LogP contribution in [0, 0.1) is 20.8 Å². The van der Waals surface area contributed by atoms with Crippen molar-refractivity contribution >= 4 is 17.5 Å². The van der Waals surface area contributed by atoms with E-state index in [2.05, 4.69) is 91.4 Å². The lowest BCUT2D eigenvalue weighted by atomic mass is 10.1. The summed E-state index contributed by atoms with van der Waals surface area (Å²) in [7, 11) is 0. The average molecular weight is 361 g/mol. The molecule has 5 heteroatoms. The molecule has 27 heavy (non-hydrogen) atoms. The van der Waals surface area contributed by atoms with Crippen molar-refractivity contribution in [1.82, 2.24) is 15.2 Å². The normalized spacial score (nSPS) is 10.9. The van der Waals surface area contributed by atoms with Crippen molar-refractivity contribution in [3.8, 4) is 0 Å². The molecule has 0 aliphatic carbocycles. The average Bonchev–Trinajstić information content (AvgIpc) is 2.63.